The average molecular weight is 321 g/mol. The van der Waals surface area contributed by atoms with Crippen LogP contribution in [0, 0.1) is 12.8 Å². The highest BCUT2D eigenvalue weighted by Crippen LogP contribution is 2.14. The first-order chi connectivity index (χ1) is 11.5. The number of hydrogen-bond acceptors (Lipinski definition) is 1. The Morgan fingerprint density at radius 1 is 1.08 bits per heavy atom. The van der Waals surface area contributed by atoms with E-state index in [2.05, 4.69) is 39.0 Å². The topological polar surface area (TPSA) is 20.3 Å². The zero-order valence-electron chi connectivity index (χ0n) is 15.1. The summed E-state index contributed by atoms with van der Waals surface area (Å²) in [5, 5.41) is 0. The molecule has 0 bridgehead atoms. The Kier molecular flexibility index (Phi) is 6.36. The Hall–Kier alpha value is -2.35. The van der Waals surface area contributed by atoms with E-state index in [0.717, 1.165) is 17.7 Å². The summed E-state index contributed by atoms with van der Waals surface area (Å²) in [6.07, 6.45) is 2.15. The van der Waals surface area contributed by atoms with Gasteiger partial charge in [0.15, 0.2) is 0 Å². The number of rotatable bonds is 6. The van der Waals surface area contributed by atoms with Crippen LogP contribution in [0.3, 0.4) is 0 Å². The molecule has 1 amide bonds. The third kappa shape index (κ3) is 5.38. The van der Waals surface area contributed by atoms with E-state index in [1.165, 1.54) is 11.1 Å². The molecule has 0 aromatic heterocycles. The molecule has 0 N–H and O–H groups in total. The van der Waals surface area contributed by atoms with Crippen molar-refractivity contribution in [2.24, 2.45) is 5.92 Å². The second-order valence-electron chi connectivity index (χ2n) is 6.85. The molecular weight excluding hydrogens is 294 g/mol. The van der Waals surface area contributed by atoms with Crippen molar-refractivity contribution in [2.45, 2.75) is 27.7 Å². The summed E-state index contributed by atoms with van der Waals surface area (Å²) in [6.45, 7) is 9.81. The molecule has 2 aromatic carbocycles. The summed E-state index contributed by atoms with van der Waals surface area (Å²) in [6, 6.07) is 18.1. The fourth-order valence-corrected chi connectivity index (χ4v) is 2.80. The molecule has 0 fully saturated rings. The lowest BCUT2D eigenvalue weighted by atomic mass is 10.1. The molecule has 0 aliphatic rings. The second-order valence-corrected chi connectivity index (χ2v) is 6.85. The molecule has 0 unspecified atom stereocenters. The Bertz CT molecular complexity index is 701. The van der Waals surface area contributed by atoms with Crippen molar-refractivity contribution < 1.29 is 4.79 Å². The molecule has 0 radical (unpaired) electrons. The van der Waals surface area contributed by atoms with Gasteiger partial charge in [-0.3, -0.25) is 4.79 Å². The van der Waals surface area contributed by atoms with E-state index in [4.69, 9.17) is 0 Å². The first kappa shape index (κ1) is 18.0. The van der Waals surface area contributed by atoms with Crippen LogP contribution in [-0.2, 0) is 0 Å². The van der Waals surface area contributed by atoms with Crippen LogP contribution in [0.4, 0.5) is 0 Å². The fourth-order valence-electron chi connectivity index (χ4n) is 2.80. The van der Waals surface area contributed by atoms with Crippen LogP contribution in [0.1, 0.15) is 42.3 Å². The van der Waals surface area contributed by atoms with Crippen molar-refractivity contribution >= 4 is 12.0 Å². The van der Waals surface area contributed by atoms with Crippen LogP contribution in [-0.4, -0.2) is 23.9 Å². The van der Waals surface area contributed by atoms with Gasteiger partial charge in [0.25, 0.3) is 5.91 Å². The van der Waals surface area contributed by atoms with Gasteiger partial charge in [0.2, 0.25) is 0 Å². The van der Waals surface area contributed by atoms with E-state index >= 15 is 0 Å². The highest BCUT2D eigenvalue weighted by Gasteiger charge is 2.17. The van der Waals surface area contributed by atoms with Gasteiger partial charge in [-0.05, 0) is 37.5 Å². The average Bonchev–Trinajstić information content (AvgIpc) is 2.54. The van der Waals surface area contributed by atoms with E-state index in [1.807, 2.05) is 54.3 Å². The Morgan fingerprint density at radius 2 is 1.79 bits per heavy atom. The molecule has 2 rings (SSSR count). The minimum atomic E-state index is 0.105. The van der Waals surface area contributed by atoms with Crippen molar-refractivity contribution in [3.63, 3.8) is 0 Å². The molecule has 2 nitrogen and oxygen atoms in total. The highest BCUT2D eigenvalue weighted by atomic mass is 16.2. The van der Waals surface area contributed by atoms with E-state index in [9.17, 15) is 4.79 Å². The molecule has 2 heteroatoms. The van der Waals surface area contributed by atoms with Gasteiger partial charge in [-0.15, -0.1) is 0 Å². The van der Waals surface area contributed by atoms with Crippen LogP contribution in [0.25, 0.3) is 6.08 Å². The van der Waals surface area contributed by atoms with Gasteiger partial charge in [-0.25, -0.2) is 0 Å². The molecule has 2 aromatic rings. The quantitative estimate of drug-likeness (QED) is 0.716. The molecule has 0 heterocycles. The Labute approximate surface area is 145 Å². The summed E-state index contributed by atoms with van der Waals surface area (Å²) in [5.74, 6) is 0.538. The SMILES string of the molecule is C/C(=C\c1ccccc1)CN(CC(C)C)C(=O)c1cccc(C)c1. The van der Waals surface area contributed by atoms with Crippen molar-refractivity contribution in [3.05, 3.63) is 76.9 Å². The lowest BCUT2D eigenvalue weighted by molar-refractivity contribution is 0.0752. The van der Waals surface area contributed by atoms with Crippen molar-refractivity contribution in [2.75, 3.05) is 13.1 Å². The second kappa shape index (κ2) is 8.49. The van der Waals surface area contributed by atoms with Crippen LogP contribution >= 0.6 is 0 Å². The van der Waals surface area contributed by atoms with E-state index in [1.54, 1.807) is 0 Å². The summed E-state index contributed by atoms with van der Waals surface area (Å²) in [4.78, 5) is 14.9. The summed E-state index contributed by atoms with van der Waals surface area (Å²) >= 11 is 0. The molecule has 24 heavy (non-hydrogen) atoms. The van der Waals surface area contributed by atoms with Crippen LogP contribution < -0.4 is 0 Å². The number of nitrogens with zero attached hydrogens (tertiary/aromatic N) is 1. The summed E-state index contributed by atoms with van der Waals surface area (Å²) in [5.41, 5.74) is 4.23. The first-order valence-electron chi connectivity index (χ1n) is 8.54. The molecular formula is C22H27NO. The van der Waals surface area contributed by atoms with E-state index in [0.29, 0.717) is 12.5 Å². The number of carbonyl (C=O) groups excluding carboxylic acids is 1. The maximum absolute atomic E-state index is 12.9. The number of hydrogen-bond donors (Lipinski definition) is 0. The Morgan fingerprint density at radius 3 is 2.42 bits per heavy atom. The first-order valence-corrected chi connectivity index (χ1v) is 8.54. The largest absolute Gasteiger partial charge is 0.334 e. The van der Waals surface area contributed by atoms with Gasteiger partial charge in [-0.1, -0.05) is 73.5 Å². The van der Waals surface area contributed by atoms with Gasteiger partial charge in [0, 0.05) is 18.7 Å². The highest BCUT2D eigenvalue weighted by molar-refractivity contribution is 5.94. The maximum Gasteiger partial charge on any atom is 0.254 e. The molecule has 0 aliphatic carbocycles. The van der Waals surface area contributed by atoms with Gasteiger partial charge in [-0.2, -0.15) is 0 Å². The van der Waals surface area contributed by atoms with Crippen molar-refractivity contribution in [1.29, 1.82) is 0 Å². The smallest absolute Gasteiger partial charge is 0.254 e. The van der Waals surface area contributed by atoms with E-state index < -0.39 is 0 Å². The zero-order valence-corrected chi connectivity index (χ0v) is 15.1. The maximum atomic E-state index is 12.9. The minimum absolute atomic E-state index is 0.105. The molecule has 0 spiro atoms. The summed E-state index contributed by atoms with van der Waals surface area (Å²) < 4.78 is 0. The number of amides is 1. The van der Waals surface area contributed by atoms with Gasteiger partial charge in [0.1, 0.15) is 0 Å². The Balaban J connectivity index is 2.19. The van der Waals surface area contributed by atoms with E-state index in [-0.39, 0.29) is 5.91 Å². The predicted octanol–water partition coefficient (Wildman–Crippen LogP) is 5.20. The summed E-state index contributed by atoms with van der Waals surface area (Å²) in [7, 11) is 0. The fraction of sp³-hybridized carbons (Fsp3) is 0.318. The van der Waals surface area contributed by atoms with Crippen LogP contribution in [0.2, 0.25) is 0 Å². The number of benzene rings is 2. The molecule has 0 saturated heterocycles. The third-order valence-corrected chi connectivity index (χ3v) is 3.79. The van der Waals surface area contributed by atoms with Crippen LogP contribution in [0.15, 0.2) is 60.2 Å². The lowest BCUT2D eigenvalue weighted by Gasteiger charge is -2.25. The van der Waals surface area contributed by atoms with Crippen molar-refractivity contribution in [1.82, 2.24) is 4.90 Å². The number of aryl methyl sites for hydroxylation is 1. The predicted molar refractivity (Wildman–Crippen MR) is 102 cm³/mol. The standard InChI is InChI=1S/C22H27NO/c1-17(2)15-23(22(24)21-12-8-9-18(3)14-21)16-19(4)13-20-10-6-5-7-11-20/h5-14,17H,15-16H2,1-4H3/b19-13+. The molecule has 126 valence electrons. The van der Waals surface area contributed by atoms with Crippen LogP contribution in [0.5, 0.6) is 0 Å². The molecule has 0 saturated carbocycles. The van der Waals surface area contributed by atoms with Gasteiger partial charge in [0.05, 0.1) is 0 Å². The number of carbonyl (C=O) groups is 1. The monoisotopic (exact) mass is 321 g/mol. The third-order valence-electron chi connectivity index (χ3n) is 3.79. The lowest BCUT2D eigenvalue weighted by Crippen LogP contribution is -2.35. The molecule has 0 aliphatic heterocycles. The van der Waals surface area contributed by atoms with Crippen molar-refractivity contribution in [3.8, 4) is 0 Å². The van der Waals surface area contributed by atoms with Gasteiger partial charge < -0.3 is 4.90 Å². The zero-order chi connectivity index (χ0) is 17.5. The normalized spacial score (nSPS) is 11.6. The van der Waals surface area contributed by atoms with Gasteiger partial charge >= 0.3 is 0 Å². The molecule has 0 atom stereocenters. The minimum Gasteiger partial charge on any atom is -0.334 e.